The minimum absolute atomic E-state index is 0.0683. The molecule has 1 aliphatic heterocycles. The Morgan fingerprint density at radius 3 is 2.71 bits per heavy atom. The molecule has 5 rings (SSSR count). The molecule has 0 amide bonds. The van der Waals surface area contributed by atoms with Gasteiger partial charge in [-0.1, -0.05) is 17.3 Å². The number of methoxy groups -OCH3 is 1. The molecule has 4 aromatic rings. The number of nitrogens with zero attached hydrogens (tertiary/aromatic N) is 5. The van der Waals surface area contributed by atoms with Crippen LogP contribution in [-0.2, 0) is 17.9 Å². The second-order valence-electron chi connectivity index (χ2n) is 6.43. The molecule has 3 aromatic heterocycles. The molecule has 0 saturated heterocycles. The molecule has 1 aromatic carbocycles. The van der Waals surface area contributed by atoms with Crippen molar-refractivity contribution in [1.82, 2.24) is 24.9 Å². The van der Waals surface area contributed by atoms with Gasteiger partial charge in [0.05, 0.1) is 26.0 Å². The molecule has 140 valence electrons. The first-order chi connectivity index (χ1) is 13.8. The van der Waals surface area contributed by atoms with Crippen LogP contribution in [0.3, 0.4) is 0 Å². The fourth-order valence-electron chi connectivity index (χ4n) is 3.20. The number of rotatable bonds is 4. The molecule has 8 heteroatoms. The third-order valence-electron chi connectivity index (χ3n) is 4.71. The van der Waals surface area contributed by atoms with Crippen LogP contribution < -0.4 is 4.74 Å². The number of benzene rings is 1. The van der Waals surface area contributed by atoms with E-state index in [9.17, 15) is 0 Å². The maximum atomic E-state index is 6.01. The third-order valence-corrected chi connectivity index (χ3v) is 4.71. The van der Waals surface area contributed by atoms with Crippen molar-refractivity contribution in [3.05, 3.63) is 66.1 Å². The quantitative estimate of drug-likeness (QED) is 0.541. The lowest BCUT2D eigenvalue weighted by molar-refractivity contribution is -0.00115. The summed E-state index contributed by atoms with van der Waals surface area (Å²) in [6.45, 7) is 1.09. The van der Waals surface area contributed by atoms with Crippen molar-refractivity contribution in [2.24, 2.45) is 0 Å². The van der Waals surface area contributed by atoms with Gasteiger partial charge in [0, 0.05) is 18.0 Å². The van der Waals surface area contributed by atoms with Crippen molar-refractivity contribution in [2.45, 2.75) is 19.3 Å². The lowest BCUT2D eigenvalue weighted by Gasteiger charge is -2.24. The normalized spacial score (nSPS) is 16.0. The van der Waals surface area contributed by atoms with E-state index < -0.39 is 0 Å². The van der Waals surface area contributed by atoms with Gasteiger partial charge in [-0.15, -0.1) is 0 Å². The fraction of sp³-hybridized carbons (Fsp3) is 0.200. The first-order valence-corrected chi connectivity index (χ1v) is 8.87. The second kappa shape index (κ2) is 6.90. The van der Waals surface area contributed by atoms with Crippen molar-refractivity contribution in [3.8, 4) is 28.7 Å². The van der Waals surface area contributed by atoms with Gasteiger partial charge < -0.3 is 14.0 Å². The Bertz CT molecular complexity index is 1090. The van der Waals surface area contributed by atoms with E-state index in [0.717, 1.165) is 22.6 Å². The molecule has 0 N–H and O–H groups in total. The SMILES string of the molecule is COc1ccc([C@H]2Cn3nc(-c4nc(-c5ccncc5)no4)cc3CO2)cc1. The van der Waals surface area contributed by atoms with E-state index in [1.54, 1.807) is 19.5 Å². The van der Waals surface area contributed by atoms with E-state index in [4.69, 9.17) is 14.0 Å². The first kappa shape index (κ1) is 16.6. The third kappa shape index (κ3) is 3.03. The topological polar surface area (TPSA) is 88.1 Å². The predicted molar refractivity (Wildman–Crippen MR) is 99.3 cm³/mol. The van der Waals surface area contributed by atoms with Crippen LogP contribution in [0.25, 0.3) is 23.0 Å². The summed E-state index contributed by atoms with van der Waals surface area (Å²) >= 11 is 0. The van der Waals surface area contributed by atoms with Gasteiger partial charge in [0.1, 0.15) is 11.9 Å². The van der Waals surface area contributed by atoms with Crippen molar-refractivity contribution in [2.75, 3.05) is 7.11 Å². The zero-order valence-electron chi connectivity index (χ0n) is 15.1. The molecule has 0 spiro atoms. The summed E-state index contributed by atoms with van der Waals surface area (Å²) in [7, 11) is 1.65. The predicted octanol–water partition coefficient (Wildman–Crippen LogP) is 3.28. The van der Waals surface area contributed by atoms with E-state index in [1.165, 1.54) is 0 Å². The van der Waals surface area contributed by atoms with Crippen LogP contribution in [0.5, 0.6) is 5.75 Å². The number of hydrogen-bond donors (Lipinski definition) is 0. The molecule has 0 fully saturated rings. The molecule has 0 aliphatic carbocycles. The molecular weight excluding hydrogens is 358 g/mol. The number of fused-ring (bicyclic) bond motifs is 1. The zero-order valence-corrected chi connectivity index (χ0v) is 15.1. The fourth-order valence-corrected chi connectivity index (χ4v) is 3.20. The van der Waals surface area contributed by atoms with Gasteiger partial charge in [-0.3, -0.25) is 9.67 Å². The molecule has 8 nitrogen and oxygen atoms in total. The standard InChI is InChI=1S/C20H17N5O3/c1-26-16-4-2-13(3-5-16)18-11-25-15(12-27-18)10-17(23-25)20-22-19(24-28-20)14-6-8-21-9-7-14/h2-10,18H,11-12H2,1H3/t18-/m1/s1. The minimum Gasteiger partial charge on any atom is -0.497 e. The summed E-state index contributed by atoms with van der Waals surface area (Å²) in [5.41, 5.74) is 3.54. The summed E-state index contributed by atoms with van der Waals surface area (Å²) in [5, 5.41) is 8.68. The van der Waals surface area contributed by atoms with E-state index in [0.29, 0.717) is 30.6 Å². The van der Waals surface area contributed by atoms with Gasteiger partial charge in [-0.25, -0.2) is 0 Å². The van der Waals surface area contributed by atoms with Gasteiger partial charge >= 0.3 is 0 Å². The van der Waals surface area contributed by atoms with Crippen molar-refractivity contribution in [1.29, 1.82) is 0 Å². The highest BCUT2D eigenvalue weighted by atomic mass is 16.5. The first-order valence-electron chi connectivity index (χ1n) is 8.87. The molecule has 1 aliphatic rings. The highest BCUT2D eigenvalue weighted by Crippen LogP contribution is 2.30. The minimum atomic E-state index is -0.0683. The van der Waals surface area contributed by atoms with Crippen LogP contribution in [0.4, 0.5) is 0 Å². The highest BCUT2D eigenvalue weighted by Gasteiger charge is 2.24. The molecule has 4 heterocycles. The average Bonchev–Trinajstić information content (AvgIpc) is 3.41. The average molecular weight is 375 g/mol. The van der Waals surface area contributed by atoms with Crippen LogP contribution in [0.1, 0.15) is 17.4 Å². The van der Waals surface area contributed by atoms with Crippen LogP contribution >= 0.6 is 0 Å². The lowest BCUT2D eigenvalue weighted by atomic mass is 10.1. The summed E-state index contributed by atoms with van der Waals surface area (Å²) in [5.74, 6) is 1.72. The molecule has 0 bridgehead atoms. The Hall–Kier alpha value is -3.52. The lowest BCUT2D eigenvalue weighted by Crippen LogP contribution is -2.21. The van der Waals surface area contributed by atoms with E-state index in [-0.39, 0.29) is 6.10 Å². The maximum absolute atomic E-state index is 6.01. The largest absolute Gasteiger partial charge is 0.497 e. The Morgan fingerprint density at radius 2 is 1.93 bits per heavy atom. The number of pyridine rings is 1. The van der Waals surface area contributed by atoms with E-state index >= 15 is 0 Å². The Balaban J connectivity index is 1.38. The summed E-state index contributed by atoms with van der Waals surface area (Å²) in [4.78, 5) is 8.45. The molecule has 1 atom stereocenters. The van der Waals surface area contributed by atoms with E-state index in [1.807, 2.05) is 47.1 Å². The smallest absolute Gasteiger partial charge is 0.278 e. The van der Waals surface area contributed by atoms with Gasteiger partial charge in [0.15, 0.2) is 5.69 Å². The second-order valence-corrected chi connectivity index (χ2v) is 6.43. The monoisotopic (exact) mass is 375 g/mol. The summed E-state index contributed by atoms with van der Waals surface area (Å²) < 4.78 is 18.6. The highest BCUT2D eigenvalue weighted by molar-refractivity contribution is 5.57. The Kier molecular flexibility index (Phi) is 4.10. The van der Waals surface area contributed by atoms with Crippen LogP contribution in [-0.4, -0.2) is 32.0 Å². The van der Waals surface area contributed by atoms with Crippen LogP contribution in [0.2, 0.25) is 0 Å². The van der Waals surface area contributed by atoms with Crippen molar-refractivity contribution in [3.63, 3.8) is 0 Å². The van der Waals surface area contributed by atoms with Gasteiger partial charge in [0.25, 0.3) is 5.89 Å². The van der Waals surface area contributed by atoms with Gasteiger partial charge in [-0.2, -0.15) is 10.1 Å². The van der Waals surface area contributed by atoms with Gasteiger partial charge in [-0.05, 0) is 35.9 Å². The van der Waals surface area contributed by atoms with Gasteiger partial charge in [0.2, 0.25) is 5.82 Å². The Labute approximate surface area is 160 Å². The van der Waals surface area contributed by atoms with Crippen molar-refractivity contribution < 1.29 is 14.0 Å². The molecule has 0 saturated carbocycles. The van der Waals surface area contributed by atoms with Crippen LogP contribution in [0, 0.1) is 0 Å². The molecule has 0 radical (unpaired) electrons. The molecule has 0 unspecified atom stereocenters. The maximum Gasteiger partial charge on any atom is 0.278 e. The Morgan fingerprint density at radius 1 is 1.11 bits per heavy atom. The van der Waals surface area contributed by atoms with Crippen molar-refractivity contribution >= 4 is 0 Å². The summed E-state index contributed by atoms with van der Waals surface area (Å²) in [6, 6.07) is 13.5. The molecular formula is C20H17N5O3. The number of ether oxygens (including phenoxy) is 2. The van der Waals surface area contributed by atoms with Crippen LogP contribution in [0.15, 0.2) is 59.4 Å². The number of hydrogen-bond acceptors (Lipinski definition) is 7. The zero-order chi connectivity index (χ0) is 18.9. The number of aromatic nitrogens is 5. The summed E-state index contributed by atoms with van der Waals surface area (Å²) in [6.07, 6.45) is 3.32. The van der Waals surface area contributed by atoms with E-state index in [2.05, 4.69) is 20.2 Å². The molecule has 28 heavy (non-hydrogen) atoms.